The molecule has 2 aromatic rings. The highest BCUT2D eigenvalue weighted by atomic mass is 35.5. The first-order valence-corrected chi connectivity index (χ1v) is 10.9. The number of benzene rings is 1. The maximum Gasteiger partial charge on any atom is 0.269 e. The number of ether oxygens (including phenoxy) is 1. The lowest BCUT2D eigenvalue weighted by molar-refractivity contribution is 0.0485. The lowest BCUT2D eigenvalue weighted by atomic mass is 9.74. The van der Waals surface area contributed by atoms with Gasteiger partial charge in [-0.05, 0) is 70.2 Å². The molecule has 156 valence electrons. The molecular weight excluding hydrogens is 386 g/mol. The molecule has 1 N–H and O–H groups in total. The molecule has 4 rings (SSSR count). The second kappa shape index (κ2) is 7.77. The number of aromatic nitrogens is 2. The topological polar surface area (TPSA) is 56.2 Å². The van der Waals surface area contributed by atoms with Crippen LogP contribution in [0.2, 0.25) is 5.02 Å². The van der Waals surface area contributed by atoms with Crippen LogP contribution in [-0.2, 0) is 15.7 Å². The second-order valence-electron chi connectivity index (χ2n) is 9.40. The number of hydrogen-bond donors (Lipinski definition) is 1. The smallest absolute Gasteiger partial charge is 0.269 e. The van der Waals surface area contributed by atoms with Gasteiger partial charge < -0.3 is 10.1 Å². The number of carbonyl (C=O) groups excluding carboxylic acids is 1. The van der Waals surface area contributed by atoms with Crippen molar-refractivity contribution in [1.82, 2.24) is 15.1 Å². The minimum absolute atomic E-state index is 0.0628. The zero-order valence-corrected chi connectivity index (χ0v) is 18.3. The molecule has 0 spiro atoms. The van der Waals surface area contributed by atoms with Crippen LogP contribution in [0.15, 0.2) is 30.3 Å². The largest absolute Gasteiger partial charge is 0.381 e. The molecule has 0 radical (unpaired) electrons. The molecule has 1 saturated carbocycles. The van der Waals surface area contributed by atoms with E-state index in [1.54, 1.807) is 0 Å². The standard InChI is InChI=1S/C23H30ClN3O2/c1-22(2,3)27-20(14-19(26-27)16-7-8-16)21(28)25-15-23(9-11-29-12-10-23)17-5-4-6-18(24)13-17/h4-6,13-14,16H,7-12,15H2,1-3H3,(H,25,28). The van der Waals surface area contributed by atoms with Crippen molar-refractivity contribution in [2.24, 2.45) is 0 Å². The van der Waals surface area contributed by atoms with Gasteiger partial charge >= 0.3 is 0 Å². The summed E-state index contributed by atoms with van der Waals surface area (Å²) in [5.41, 5.74) is 2.44. The van der Waals surface area contributed by atoms with Crippen LogP contribution in [0.5, 0.6) is 0 Å². The summed E-state index contributed by atoms with van der Waals surface area (Å²) in [6.07, 6.45) is 4.05. The van der Waals surface area contributed by atoms with Crippen LogP contribution in [0.1, 0.15) is 74.1 Å². The molecule has 1 saturated heterocycles. The number of amides is 1. The van der Waals surface area contributed by atoms with E-state index in [1.807, 2.05) is 28.9 Å². The van der Waals surface area contributed by atoms with E-state index in [0.717, 1.165) is 29.1 Å². The van der Waals surface area contributed by atoms with E-state index in [4.69, 9.17) is 21.4 Å². The minimum Gasteiger partial charge on any atom is -0.381 e. The average molecular weight is 416 g/mol. The third-order valence-electron chi connectivity index (χ3n) is 6.07. The van der Waals surface area contributed by atoms with Gasteiger partial charge in [-0.25, -0.2) is 0 Å². The molecular formula is C23H30ClN3O2. The Balaban J connectivity index is 1.57. The predicted octanol–water partition coefficient (Wildman–Crippen LogP) is 4.65. The molecule has 0 bridgehead atoms. The van der Waals surface area contributed by atoms with Gasteiger partial charge in [0.2, 0.25) is 0 Å². The van der Waals surface area contributed by atoms with Crippen LogP contribution in [0.3, 0.4) is 0 Å². The van der Waals surface area contributed by atoms with Gasteiger partial charge in [-0.3, -0.25) is 9.48 Å². The Hall–Kier alpha value is -1.85. The third-order valence-corrected chi connectivity index (χ3v) is 6.30. The summed E-state index contributed by atoms with van der Waals surface area (Å²) >= 11 is 6.26. The molecule has 1 aromatic heterocycles. The monoisotopic (exact) mass is 415 g/mol. The number of nitrogens with zero attached hydrogens (tertiary/aromatic N) is 2. The van der Waals surface area contributed by atoms with Crippen molar-refractivity contribution >= 4 is 17.5 Å². The number of halogens is 1. The summed E-state index contributed by atoms with van der Waals surface area (Å²) in [6, 6.07) is 9.97. The zero-order chi connectivity index (χ0) is 20.6. The molecule has 1 aliphatic heterocycles. The van der Waals surface area contributed by atoms with Crippen molar-refractivity contribution in [1.29, 1.82) is 0 Å². The quantitative estimate of drug-likeness (QED) is 0.773. The summed E-state index contributed by atoms with van der Waals surface area (Å²) in [5, 5.41) is 8.70. The van der Waals surface area contributed by atoms with E-state index >= 15 is 0 Å². The van der Waals surface area contributed by atoms with Crippen LogP contribution in [0.25, 0.3) is 0 Å². The lowest BCUT2D eigenvalue weighted by Gasteiger charge is -2.38. The molecule has 2 fully saturated rings. The van der Waals surface area contributed by atoms with E-state index in [0.29, 0.717) is 31.4 Å². The van der Waals surface area contributed by atoms with Gasteiger partial charge in [0.05, 0.1) is 11.2 Å². The van der Waals surface area contributed by atoms with E-state index in [1.165, 1.54) is 12.8 Å². The Labute approximate surface area is 177 Å². The van der Waals surface area contributed by atoms with Crippen LogP contribution in [0.4, 0.5) is 0 Å². The van der Waals surface area contributed by atoms with Crippen LogP contribution in [-0.4, -0.2) is 35.4 Å². The van der Waals surface area contributed by atoms with Crippen LogP contribution >= 0.6 is 11.6 Å². The number of rotatable bonds is 5. The second-order valence-corrected chi connectivity index (χ2v) is 9.83. The molecule has 0 unspecified atom stereocenters. The Kier molecular flexibility index (Phi) is 5.47. The molecule has 1 amide bonds. The summed E-state index contributed by atoms with van der Waals surface area (Å²) in [5.74, 6) is 0.450. The Morgan fingerprint density at radius 1 is 1.28 bits per heavy atom. The Bertz CT molecular complexity index is 890. The minimum atomic E-state index is -0.247. The third kappa shape index (κ3) is 4.36. The van der Waals surface area contributed by atoms with Gasteiger partial charge in [0.15, 0.2) is 0 Å². The molecule has 2 aliphatic rings. The summed E-state index contributed by atoms with van der Waals surface area (Å²) in [7, 11) is 0. The highest BCUT2D eigenvalue weighted by Crippen LogP contribution is 2.40. The molecule has 5 nitrogen and oxygen atoms in total. The number of hydrogen-bond acceptors (Lipinski definition) is 3. The van der Waals surface area contributed by atoms with Crippen molar-refractivity contribution in [3.8, 4) is 0 Å². The molecule has 6 heteroatoms. The molecule has 29 heavy (non-hydrogen) atoms. The van der Waals surface area contributed by atoms with E-state index in [-0.39, 0.29) is 16.9 Å². The van der Waals surface area contributed by atoms with Crippen molar-refractivity contribution in [3.63, 3.8) is 0 Å². The highest BCUT2D eigenvalue weighted by molar-refractivity contribution is 6.30. The summed E-state index contributed by atoms with van der Waals surface area (Å²) < 4.78 is 7.49. The van der Waals surface area contributed by atoms with Gasteiger partial charge in [-0.15, -0.1) is 0 Å². The maximum atomic E-state index is 13.2. The van der Waals surface area contributed by atoms with Crippen molar-refractivity contribution in [3.05, 3.63) is 52.3 Å². The van der Waals surface area contributed by atoms with E-state index < -0.39 is 0 Å². The molecule has 0 atom stereocenters. The Morgan fingerprint density at radius 3 is 2.62 bits per heavy atom. The lowest BCUT2D eigenvalue weighted by Crippen LogP contribution is -2.45. The van der Waals surface area contributed by atoms with Gasteiger partial charge in [-0.2, -0.15) is 5.10 Å². The van der Waals surface area contributed by atoms with E-state index in [9.17, 15) is 4.79 Å². The molecule has 1 aromatic carbocycles. The fraction of sp³-hybridized carbons (Fsp3) is 0.565. The van der Waals surface area contributed by atoms with Crippen LogP contribution in [0, 0.1) is 0 Å². The van der Waals surface area contributed by atoms with Crippen molar-refractivity contribution < 1.29 is 9.53 Å². The van der Waals surface area contributed by atoms with Gasteiger partial charge in [0.1, 0.15) is 5.69 Å². The number of nitrogens with one attached hydrogen (secondary N) is 1. The van der Waals surface area contributed by atoms with Crippen molar-refractivity contribution in [2.75, 3.05) is 19.8 Å². The first-order chi connectivity index (χ1) is 13.8. The van der Waals surface area contributed by atoms with Crippen molar-refractivity contribution in [2.45, 2.75) is 63.3 Å². The first-order valence-electron chi connectivity index (χ1n) is 10.5. The Morgan fingerprint density at radius 2 is 2.00 bits per heavy atom. The summed E-state index contributed by atoms with van der Waals surface area (Å²) in [4.78, 5) is 13.2. The maximum absolute atomic E-state index is 13.2. The number of carbonyl (C=O) groups is 1. The SMILES string of the molecule is CC(C)(C)n1nc(C2CC2)cc1C(=O)NCC1(c2cccc(Cl)c2)CCOCC1. The predicted molar refractivity (Wildman–Crippen MR) is 115 cm³/mol. The van der Waals surface area contributed by atoms with Gasteiger partial charge in [0, 0.05) is 36.1 Å². The van der Waals surface area contributed by atoms with Gasteiger partial charge in [-0.1, -0.05) is 23.7 Å². The molecule has 1 aliphatic carbocycles. The van der Waals surface area contributed by atoms with Crippen LogP contribution < -0.4 is 5.32 Å². The molecule has 2 heterocycles. The van der Waals surface area contributed by atoms with E-state index in [2.05, 4.69) is 32.2 Å². The first kappa shape index (κ1) is 20.4. The summed E-state index contributed by atoms with van der Waals surface area (Å²) in [6.45, 7) is 8.18. The normalized spacial score (nSPS) is 19.2. The average Bonchev–Trinajstić information content (AvgIpc) is 3.44. The highest BCUT2D eigenvalue weighted by Gasteiger charge is 2.36. The zero-order valence-electron chi connectivity index (χ0n) is 17.5. The fourth-order valence-corrected chi connectivity index (χ4v) is 4.33. The van der Waals surface area contributed by atoms with Gasteiger partial charge in [0.25, 0.3) is 5.91 Å². The fourth-order valence-electron chi connectivity index (χ4n) is 4.14.